The van der Waals surface area contributed by atoms with E-state index in [0.717, 1.165) is 24.8 Å². The number of carbonyl (C=O) groups is 2. The fourth-order valence-electron chi connectivity index (χ4n) is 1.61. The largest absolute Gasteiger partial charge is 2.00 e. The van der Waals surface area contributed by atoms with Gasteiger partial charge in [0.1, 0.15) is 0 Å². The van der Waals surface area contributed by atoms with E-state index >= 15 is 0 Å². The average Bonchev–Trinajstić information content (AvgIpc) is 2.34. The summed E-state index contributed by atoms with van der Waals surface area (Å²) in [4.78, 5) is 21.2. The van der Waals surface area contributed by atoms with Crippen molar-refractivity contribution in [3.63, 3.8) is 0 Å². The molecular weight excluding hydrogens is 369 g/mol. The summed E-state index contributed by atoms with van der Waals surface area (Å²) in [6, 6.07) is 6.74. The van der Waals surface area contributed by atoms with E-state index < -0.39 is 11.9 Å². The van der Waals surface area contributed by atoms with Crippen molar-refractivity contribution in [1.82, 2.24) is 0 Å². The molecule has 0 spiro atoms. The van der Waals surface area contributed by atoms with E-state index in [0.29, 0.717) is 11.6 Å². The number of rotatable bonds is 6. The normalized spacial score (nSPS) is 10.7. The minimum Gasteiger partial charge on any atom is -0.545 e. The number of hydrogen-bond acceptors (Lipinski definition) is 4. The summed E-state index contributed by atoms with van der Waals surface area (Å²) in [5.74, 6) is -3.08. The van der Waals surface area contributed by atoms with Gasteiger partial charge in [-0.2, -0.15) is 0 Å². The number of benzene rings is 1. The van der Waals surface area contributed by atoms with Crippen LogP contribution in [0.2, 0.25) is 0 Å². The Hall–Kier alpha value is -0.529. The fourth-order valence-corrected chi connectivity index (χ4v) is 1.61. The standard InChI is InChI=1S/C14H16O4.Ba/c1-2-3-4-10-5-7-11(8-6-10)12(14(17)18)9-13(15)16;/h5-9H,2-4H2,1H3,(H,15,16)(H,17,18);/q;+2/p-2/b12-9-;. The Bertz CT molecular complexity index is 463. The summed E-state index contributed by atoms with van der Waals surface area (Å²) in [5.41, 5.74) is 1.02. The first kappa shape index (κ1) is 18.5. The van der Waals surface area contributed by atoms with Crippen molar-refractivity contribution >= 4 is 66.4 Å². The van der Waals surface area contributed by atoms with Crippen LogP contribution in [-0.2, 0) is 16.0 Å². The molecule has 0 aliphatic carbocycles. The van der Waals surface area contributed by atoms with Crippen LogP contribution in [0.1, 0.15) is 30.9 Å². The minimum atomic E-state index is -1.55. The maximum atomic E-state index is 10.8. The van der Waals surface area contributed by atoms with E-state index in [1.165, 1.54) is 0 Å². The van der Waals surface area contributed by atoms with Crippen LogP contribution in [0.25, 0.3) is 5.57 Å². The van der Waals surface area contributed by atoms with E-state index in [1.807, 2.05) is 0 Å². The molecule has 1 aromatic rings. The average molecular weight is 384 g/mol. The minimum absolute atomic E-state index is 0. The predicted octanol–water partition coefficient (Wildman–Crippen LogP) is -0.468. The Morgan fingerprint density at radius 1 is 1.16 bits per heavy atom. The van der Waals surface area contributed by atoms with Gasteiger partial charge in [0.2, 0.25) is 0 Å². The molecule has 0 fully saturated rings. The Balaban J connectivity index is 0.00000324. The molecule has 0 saturated heterocycles. The number of carboxylic acid groups (broad SMARTS) is 2. The van der Waals surface area contributed by atoms with Crippen LogP contribution >= 0.6 is 0 Å². The summed E-state index contributed by atoms with van der Waals surface area (Å²) < 4.78 is 0. The molecule has 1 rings (SSSR count). The molecule has 96 valence electrons. The van der Waals surface area contributed by atoms with Crippen molar-refractivity contribution in [2.45, 2.75) is 26.2 Å². The zero-order chi connectivity index (χ0) is 13.5. The van der Waals surface area contributed by atoms with Gasteiger partial charge < -0.3 is 19.8 Å². The SMILES string of the molecule is CCCCc1ccc(/C(=C/C(=O)[O-])C(=O)[O-])cc1.[Ba+2]. The van der Waals surface area contributed by atoms with E-state index in [4.69, 9.17) is 0 Å². The molecule has 0 aliphatic heterocycles. The van der Waals surface area contributed by atoms with Gasteiger partial charge in [-0.3, -0.25) is 0 Å². The van der Waals surface area contributed by atoms with Crippen molar-refractivity contribution in [2.24, 2.45) is 0 Å². The van der Waals surface area contributed by atoms with Crippen LogP contribution in [0, 0.1) is 0 Å². The molecule has 0 aromatic heterocycles. The first-order valence-corrected chi connectivity index (χ1v) is 5.78. The molecule has 0 N–H and O–H groups in total. The van der Waals surface area contributed by atoms with Gasteiger partial charge in [-0.1, -0.05) is 37.6 Å². The van der Waals surface area contributed by atoms with Crippen LogP contribution < -0.4 is 10.2 Å². The van der Waals surface area contributed by atoms with Crippen LogP contribution in [0.5, 0.6) is 0 Å². The van der Waals surface area contributed by atoms with Crippen LogP contribution in [0.15, 0.2) is 30.3 Å². The van der Waals surface area contributed by atoms with E-state index in [2.05, 4.69) is 6.92 Å². The van der Waals surface area contributed by atoms with Gasteiger partial charge in [-0.15, -0.1) is 0 Å². The topological polar surface area (TPSA) is 80.3 Å². The van der Waals surface area contributed by atoms with Gasteiger partial charge in [0.15, 0.2) is 0 Å². The van der Waals surface area contributed by atoms with Gasteiger partial charge in [0, 0.05) is 5.57 Å². The molecule has 0 bridgehead atoms. The van der Waals surface area contributed by atoms with Crippen molar-refractivity contribution in [2.75, 3.05) is 0 Å². The van der Waals surface area contributed by atoms with Crippen molar-refractivity contribution in [3.05, 3.63) is 41.5 Å². The first-order valence-electron chi connectivity index (χ1n) is 5.78. The first-order chi connectivity index (χ1) is 8.54. The Morgan fingerprint density at radius 2 is 1.74 bits per heavy atom. The molecule has 0 aliphatic rings. The molecule has 4 nitrogen and oxygen atoms in total. The van der Waals surface area contributed by atoms with Crippen LogP contribution in [0.4, 0.5) is 0 Å². The number of carbonyl (C=O) groups excluding carboxylic acids is 2. The second-order valence-electron chi connectivity index (χ2n) is 3.96. The number of aliphatic carboxylic acids is 2. The molecule has 0 radical (unpaired) electrons. The van der Waals surface area contributed by atoms with Gasteiger partial charge in [0.25, 0.3) is 0 Å². The second kappa shape index (κ2) is 9.39. The molecule has 0 heterocycles. The van der Waals surface area contributed by atoms with Gasteiger partial charge >= 0.3 is 48.9 Å². The van der Waals surface area contributed by atoms with E-state index in [9.17, 15) is 19.8 Å². The zero-order valence-electron chi connectivity index (χ0n) is 10.8. The van der Waals surface area contributed by atoms with Gasteiger partial charge in [-0.05, 0) is 30.0 Å². The third-order valence-electron chi connectivity index (χ3n) is 2.57. The third kappa shape index (κ3) is 6.45. The Morgan fingerprint density at radius 3 is 2.16 bits per heavy atom. The Labute approximate surface area is 152 Å². The quantitative estimate of drug-likeness (QED) is 0.491. The molecule has 0 atom stereocenters. The summed E-state index contributed by atoms with van der Waals surface area (Å²) in [6.45, 7) is 2.09. The van der Waals surface area contributed by atoms with Crippen LogP contribution in [-0.4, -0.2) is 60.8 Å². The van der Waals surface area contributed by atoms with Gasteiger partial charge in [-0.25, -0.2) is 0 Å². The Kier molecular flexibility index (Phi) is 9.13. The third-order valence-corrected chi connectivity index (χ3v) is 2.57. The number of hydrogen-bond donors (Lipinski definition) is 0. The van der Waals surface area contributed by atoms with E-state index in [1.54, 1.807) is 24.3 Å². The van der Waals surface area contributed by atoms with Gasteiger partial charge in [0.05, 0.1) is 11.9 Å². The van der Waals surface area contributed by atoms with Crippen molar-refractivity contribution in [1.29, 1.82) is 0 Å². The summed E-state index contributed by atoms with van der Waals surface area (Å²) in [7, 11) is 0. The summed E-state index contributed by atoms with van der Waals surface area (Å²) >= 11 is 0. The molecule has 0 amide bonds. The van der Waals surface area contributed by atoms with Crippen LogP contribution in [0.3, 0.4) is 0 Å². The monoisotopic (exact) mass is 384 g/mol. The maximum Gasteiger partial charge on any atom is 2.00 e. The summed E-state index contributed by atoms with van der Waals surface area (Å²) in [6.07, 6.45) is 3.59. The van der Waals surface area contributed by atoms with E-state index in [-0.39, 0.29) is 54.5 Å². The van der Waals surface area contributed by atoms with Crippen molar-refractivity contribution < 1.29 is 19.8 Å². The molecule has 1 aromatic carbocycles. The smallest absolute Gasteiger partial charge is 0.545 e. The summed E-state index contributed by atoms with van der Waals surface area (Å²) in [5, 5.41) is 21.2. The fraction of sp³-hybridized carbons (Fsp3) is 0.286. The molecular formula is C14H14BaO4. The number of aryl methyl sites for hydroxylation is 1. The zero-order valence-corrected chi connectivity index (χ0v) is 15.3. The maximum absolute atomic E-state index is 10.8. The molecule has 19 heavy (non-hydrogen) atoms. The number of unbranched alkanes of at least 4 members (excludes halogenated alkanes) is 1. The molecule has 5 heteroatoms. The predicted molar refractivity (Wildman–Crippen MR) is 68.8 cm³/mol. The number of carboxylic acids is 2. The molecule has 0 unspecified atom stereocenters. The van der Waals surface area contributed by atoms with Crippen molar-refractivity contribution in [3.8, 4) is 0 Å². The molecule has 0 saturated carbocycles. The second-order valence-corrected chi connectivity index (χ2v) is 3.96.